The topological polar surface area (TPSA) is 4.93 Å². The number of fused-ring (bicyclic) bond motifs is 8. The zero-order valence-electron chi connectivity index (χ0n) is 35.0. The highest BCUT2D eigenvalue weighted by Crippen LogP contribution is 2.51. The molecule has 0 aliphatic heterocycles. The Kier molecular flexibility index (Phi) is 7.69. The molecule has 9 aromatic carbocycles. The average molecular weight is 780 g/mol. The van der Waals surface area contributed by atoms with Crippen LogP contribution < -0.4 is 0 Å². The number of benzene rings is 9. The van der Waals surface area contributed by atoms with E-state index in [1.54, 1.807) is 0 Å². The van der Waals surface area contributed by atoms with Crippen molar-refractivity contribution < 1.29 is 0 Å². The van der Waals surface area contributed by atoms with Gasteiger partial charge >= 0.3 is 0 Å². The zero-order chi connectivity index (χ0) is 41.0. The van der Waals surface area contributed by atoms with E-state index in [-0.39, 0.29) is 10.8 Å². The van der Waals surface area contributed by atoms with Crippen LogP contribution in [0.3, 0.4) is 0 Å². The van der Waals surface area contributed by atoms with Gasteiger partial charge in [0.15, 0.2) is 0 Å². The second-order valence-electron chi connectivity index (χ2n) is 18.1. The van der Waals surface area contributed by atoms with Gasteiger partial charge in [0.2, 0.25) is 0 Å². The van der Waals surface area contributed by atoms with Crippen molar-refractivity contribution in [1.82, 2.24) is 4.57 Å². The molecule has 0 N–H and O–H groups in total. The molecule has 0 amide bonds. The summed E-state index contributed by atoms with van der Waals surface area (Å²) >= 11 is 0. The molecular formula is C60H45N. The summed E-state index contributed by atoms with van der Waals surface area (Å²) in [6.45, 7) is 9.47. The Morgan fingerprint density at radius 2 is 0.672 bits per heavy atom. The van der Waals surface area contributed by atoms with Crippen molar-refractivity contribution in [1.29, 1.82) is 0 Å². The van der Waals surface area contributed by atoms with E-state index >= 15 is 0 Å². The molecule has 0 bridgehead atoms. The summed E-state index contributed by atoms with van der Waals surface area (Å²) in [5.74, 6) is 0. The summed E-state index contributed by atoms with van der Waals surface area (Å²) in [6.07, 6.45) is 0. The van der Waals surface area contributed by atoms with Gasteiger partial charge < -0.3 is 4.57 Å². The minimum Gasteiger partial charge on any atom is -0.308 e. The number of aromatic nitrogens is 1. The molecule has 2 aliphatic carbocycles. The van der Waals surface area contributed by atoms with E-state index in [2.05, 4.69) is 232 Å². The molecule has 12 rings (SSSR count). The van der Waals surface area contributed by atoms with E-state index < -0.39 is 0 Å². The number of hydrogen-bond acceptors (Lipinski definition) is 0. The van der Waals surface area contributed by atoms with Crippen LogP contribution in [0, 0.1) is 0 Å². The maximum Gasteiger partial charge on any atom is 0.0619 e. The normalized spacial score (nSPS) is 14.2. The second-order valence-corrected chi connectivity index (χ2v) is 18.1. The van der Waals surface area contributed by atoms with E-state index in [0.717, 1.165) is 11.4 Å². The second kappa shape index (κ2) is 13.1. The van der Waals surface area contributed by atoms with Crippen molar-refractivity contribution in [2.24, 2.45) is 0 Å². The summed E-state index contributed by atoms with van der Waals surface area (Å²) in [4.78, 5) is 0. The lowest BCUT2D eigenvalue weighted by Crippen LogP contribution is -2.14. The highest BCUT2D eigenvalue weighted by molar-refractivity contribution is 6.10. The van der Waals surface area contributed by atoms with Gasteiger partial charge in [0.25, 0.3) is 0 Å². The van der Waals surface area contributed by atoms with Crippen LogP contribution in [-0.4, -0.2) is 4.57 Å². The van der Waals surface area contributed by atoms with Crippen LogP contribution in [0.15, 0.2) is 200 Å². The smallest absolute Gasteiger partial charge is 0.0619 e. The van der Waals surface area contributed by atoms with Crippen LogP contribution >= 0.6 is 0 Å². The lowest BCUT2D eigenvalue weighted by atomic mass is 9.81. The van der Waals surface area contributed by atoms with Crippen molar-refractivity contribution in [2.75, 3.05) is 0 Å². The fourth-order valence-electron chi connectivity index (χ4n) is 10.8. The predicted molar refractivity (Wildman–Crippen MR) is 258 cm³/mol. The number of rotatable bonds is 5. The summed E-state index contributed by atoms with van der Waals surface area (Å²) in [7, 11) is 0. The number of hydrogen-bond donors (Lipinski definition) is 0. The first kappa shape index (κ1) is 35.7. The maximum atomic E-state index is 2.54. The highest BCUT2D eigenvalue weighted by Gasteiger charge is 2.36. The third kappa shape index (κ3) is 5.33. The summed E-state index contributed by atoms with van der Waals surface area (Å²) in [6, 6.07) is 75.0. The average Bonchev–Trinajstić information content (AvgIpc) is 3.91. The van der Waals surface area contributed by atoms with E-state index in [9.17, 15) is 0 Å². The van der Waals surface area contributed by atoms with E-state index in [4.69, 9.17) is 0 Å². The minimum atomic E-state index is -0.0770. The molecule has 61 heavy (non-hydrogen) atoms. The number of nitrogens with zero attached hydrogens (tertiary/aromatic N) is 1. The van der Waals surface area contributed by atoms with Crippen molar-refractivity contribution in [2.45, 2.75) is 38.5 Å². The van der Waals surface area contributed by atoms with E-state index in [1.807, 2.05) is 0 Å². The van der Waals surface area contributed by atoms with E-state index in [0.29, 0.717) is 0 Å². The lowest BCUT2D eigenvalue weighted by molar-refractivity contribution is 0.660. The molecule has 0 atom stereocenters. The first-order chi connectivity index (χ1) is 29.8. The first-order valence-corrected chi connectivity index (χ1v) is 21.6. The van der Waals surface area contributed by atoms with E-state index in [1.165, 1.54) is 105 Å². The Morgan fingerprint density at radius 1 is 0.295 bits per heavy atom. The fourth-order valence-corrected chi connectivity index (χ4v) is 10.8. The van der Waals surface area contributed by atoms with Gasteiger partial charge in [0.05, 0.1) is 17.1 Å². The molecule has 0 fully saturated rings. The van der Waals surface area contributed by atoms with Gasteiger partial charge in [-0.2, -0.15) is 0 Å². The van der Waals surface area contributed by atoms with Crippen LogP contribution in [-0.2, 0) is 10.8 Å². The van der Waals surface area contributed by atoms with Gasteiger partial charge in [0.1, 0.15) is 0 Å². The van der Waals surface area contributed by atoms with Gasteiger partial charge in [-0.3, -0.25) is 0 Å². The Morgan fingerprint density at radius 3 is 1.13 bits per heavy atom. The van der Waals surface area contributed by atoms with Crippen LogP contribution in [0.5, 0.6) is 0 Å². The third-order valence-corrected chi connectivity index (χ3v) is 14.0. The molecule has 0 saturated heterocycles. The zero-order valence-corrected chi connectivity index (χ0v) is 35.0. The molecule has 1 aromatic heterocycles. The van der Waals surface area contributed by atoms with Crippen molar-refractivity contribution in [3.05, 3.63) is 222 Å². The molecule has 290 valence electrons. The standard InChI is InChI=1S/C60H45N/c1-59(2)52-21-13-11-19-46(52)48-29-27-42(36-54(48)59)40-23-25-44-33-45-26-24-41(43-28-30-49-47-20-12-14-22-53(47)60(3,4)55(49)37-43)35-51(45)58(50(44)34-40)61-56(38-15-7-5-8-16-38)31-32-57(61)39-17-9-6-10-18-39/h5-37H,1-4H3. The van der Waals surface area contributed by atoms with Gasteiger partial charge in [-0.15, -0.1) is 0 Å². The summed E-state index contributed by atoms with van der Waals surface area (Å²) < 4.78 is 2.54. The Labute approximate surface area is 358 Å². The van der Waals surface area contributed by atoms with Crippen LogP contribution in [0.4, 0.5) is 0 Å². The molecule has 1 heteroatoms. The monoisotopic (exact) mass is 779 g/mol. The lowest BCUT2D eigenvalue weighted by Gasteiger charge is -2.23. The van der Waals surface area contributed by atoms with Gasteiger partial charge in [0, 0.05) is 21.6 Å². The van der Waals surface area contributed by atoms with Gasteiger partial charge in [-0.1, -0.05) is 185 Å². The molecule has 0 spiro atoms. The molecule has 0 unspecified atom stereocenters. The Hall–Kier alpha value is -7.22. The maximum absolute atomic E-state index is 2.54. The first-order valence-electron chi connectivity index (χ1n) is 21.6. The van der Waals surface area contributed by atoms with Crippen molar-refractivity contribution in [3.63, 3.8) is 0 Å². The third-order valence-electron chi connectivity index (χ3n) is 14.0. The molecule has 10 aromatic rings. The van der Waals surface area contributed by atoms with Crippen LogP contribution in [0.2, 0.25) is 0 Å². The molecule has 1 nitrogen and oxygen atoms in total. The quantitative estimate of drug-likeness (QED) is 0.153. The molecular weight excluding hydrogens is 735 g/mol. The summed E-state index contributed by atoms with van der Waals surface area (Å²) in [5.41, 5.74) is 21.6. The Bertz CT molecular complexity index is 3170. The summed E-state index contributed by atoms with van der Waals surface area (Å²) in [5, 5.41) is 4.89. The fraction of sp³-hybridized carbons (Fsp3) is 0.100. The van der Waals surface area contributed by atoms with Crippen molar-refractivity contribution >= 4 is 21.5 Å². The predicted octanol–water partition coefficient (Wildman–Crippen LogP) is 16.1. The Balaban J connectivity index is 1.12. The molecule has 2 aliphatic rings. The largest absolute Gasteiger partial charge is 0.308 e. The van der Waals surface area contributed by atoms with Crippen LogP contribution in [0.25, 0.3) is 94.3 Å². The van der Waals surface area contributed by atoms with Crippen LogP contribution in [0.1, 0.15) is 49.9 Å². The molecule has 1 heterocycles. The van der Waals surface area contributed by atoms with Gasteiger partial charge in [-0.25, -0.2) is 0 Å². The van der Waals surface area contributed by atoms with Crippen molar-refractivity contribution in [3.8, 4) is 72.7 Å². The molecule has 0 radical (unpaired) electrons. The molecule has 0 saturated carbocycles. The van der Waals surface area contributed by atoms with Gasteiger partial charge in [-0.05, 0) is 131 Å². The minimum absolute atomic E-state index is 0.0770. The SMILES string of the molecule is CC1(C)c2ccccc2-c2ccc(-c3ccc4cc5ccc(-c6ccc7c(c6)C(C)(C)c6ccccc6-7)cc5c(-n5c(-c6ccccc6)ccc5-c5ccccc5)c4c3)cc21. The highest BCUT2D eigenvalue weighted by atomic mass is 15.0.